The lowest BCUT2D eigenvalue weighted by molar-refractivity contribution is -0.118. The molecule has 1 aliphatic rings. The Morgan fingerprint density at radius 1 is 1.24 bits per heavy atom. The average molecular weight is 288 g/mol. The largest absolute Gasteiger partial charge is 0.309 e. The molecule has 1 amide bonds. The van der Waals surface area contributed by atoms with Crippen molar-refractivity contribution in [3.63, 3.8) is 0 Å². The van der Waals surface area contributed by atoms with E-state index in [-0.39, 0.29) is 11.9 Å². The van der Waals surface area contributed by atoms with Crippen molar-refractivity contribution in [2.24, 2.45) is 5.92 Å². The van der Waals surface area contributed by atoms with Gasteiger partial charge in [0.25, 0.3) is 0 Å². The summed E-state index contributed by atoms with van der Waals surface area (Å²) >= 11 is 0. The normalized spacial score (nSPS) is 22.3. The Bertz CT molecular complexity index is 444. The Labute approximate surface area is 128 Å². The second-order valence-corrected chi connectivity index (χ2v) is 6.44. The lowest BCUT2D eigenvalue weighted by Crippen LogP contribution is -2.47. The zero-order valence-electron chi connectivity index (χ0n) is 13.5. The predicted octanol–water partition coefficient (Wildman–Crippen LogP) is 3.60. The molecule has 0 aromatic heterocycles. The standard InChI is InChI=1S/C18H28N2O/c1-14(2)20(16-10-5-4-6-11-16)18(21)13-19-17-12-8-7-9-15(17)3/h4-6,10-11,14-15,17,19H,7-9,12-13H2,1-3H3. The molecular formula is C18H28N2O. The molecule has 0 spiro atoms. The molecule has 1 saturated carbocycles. The van der Waals surface area contributed by atoms with Crippen LogP contribution in [0, 0.1) is 5.92 Å². The maximum Gasteiger partial charge on any atom is 0.241 e. The van der Waals surface area contributed by atoms with Gasteiger partial charge in [-0.05, 0) is 44.7 Å². The molecule has 0 saturated heterocycles. The fourth-order valence-corrected chi connectivity index (χ4v) is 3.24. The third-order valence-electron chi connectivity index (χ3n) is 4.45. The lowest BCUT2D eigenvalue weighted by Gasteiger charge is -2.32. The Balaban J connectivity index is 1.96. The molecule has 1 N–H and O–H groups in total. The van der Waals surface area contributed by atoms with Gasteiger partial charge in [0.1, 0.15) is 0 Å². The number of amides is 1. The summed E-state index contributed by atoms with van der Waals surface area (Å²) in [5, 5.41) is 3.49. The summed E-state index contributed by atoms with van der Waals surface area (Å²) in [7, 11) is 0. The summed E-state index contributed by atoms with van der Waals surface area (Å²) in [6.07, 6.45) is 5.08. The number of hydrogen-bond donors (Lipinski definition) is 1. The minimum atomic E-state index is 0.161. The summed E-state index contributed by atoms with van der Waals surface area (Å²) in [5.41, 5.74) is 0.982. The van der Waals surface area contributed by atoms with E-state index in [9.17, 15) is 4.79 Å². The zero-order chi connectivity index (χ0) is 15.2. The van der Waals surface area contributed by atoms with E-state index in [4.69, 9.17) is 0 Å². The lowest BCUT2D eigenvalue weighted by atomic mass is 9.86. The second kappa shape index (κ2) is 7.60. The first kappa shape index (κ1) is 16.0. The van der Waals surface area contributed by atoms with E-state index in [0.717, 1.165) is 5.69 Å². The van der Waals surface area contributed by atoms with Crippen LogP contribution in [0.25, 0.3) is 0 Å². The molecule has 21 heavy (non-hydrogen) atoms. The third-order valence-corrected chi connectivity index (χ3v) is 4.45. The van der Waals surface area contributed by atoms with Gasteiger partial charge < -0.3 is 10.2 Å². The molecule has 1 aliphatic carbocycles. The molecular weight excluding hydrogens is 260 g/mol. The van der Waals surface area contributed by atoms with Crippen LogP contribution in [-0.2, 0) is 4.79 Å². The molecule has 1 fully saturated rings. The highest BCUT2D eigenvalue weighted by atomic mass is 16.2. The maximum absolute atomic E-state index is 12.6. The van der Waals surface area contributed by atoms with Crippen LogP contribution in [-0.4, -0.2) is 24.5 Å². The first-order valence-corrected chi connectivity index (χ1v) is 8.20. The summed E-state index contributed by atoms with van der Waals surface area (Å²) in [4.78, 5) is 14.5. The van der Waals surface area contributed by atoms with E-state index in [1.54, 1.807) is 0 Å². The number of nitrogens with zero attached hydrogens (tertiary/aromatic N) is 1. The average Bonchev–Trinajstić information content (AvgIpc) is 2.47. The van der Waals surface area contributed by atoms with Crippen molar-refractivity contribution in [2.75, 3.05) is 11.4 Å². The van der Waals surface area contributed by atoms with Gasteiger partial charge in [0.2, 0.25) is 5.91 Å². The van der Waals surface area contributed by atoms with Gasteiger partial charge in [-0.25, -0.2) is 0 Å². The van der Waals surface area contributed by atoms with Crippen LogP contribution in [0.5, 0.6) is 0 Å². The molecule has 0 radical (unpaired) electrons. The quantitative estimate of drug-likeness (QED) is 0.898. The molecule has 0 aliphatic heterocycles. The highest BCUT2D eigenvalue weighted by molar-refractivity contribution is 5.95. The van der Waals surface area contributed by atoms with Crippen molar-refractivity contribution >= 4 is 11.6 Å². The van der Waals surface area contributed by atoms with Crippen LogP contribution in [0.1, 0.15) is 46.5 Å². The second-order valence-electron chi connectivity index (χ2n) is 6.44. The van der Waals surface area contributed by atoms with E-state index in [0.29, 0.717) is 18.5 Å². The predicted molar refractivity (Wildman–Crippen MR) is 88.5 cm³/mol. The zero-order valence-corrected chi connectivity index (χ0v) is 13.5. The van der Waals surface area contributed by atoms with Crippen LogP contribution in [0.3, 0.4) is 0 Å². The van der Waals surface area contributed by atoms with Gasteiger partial charge in [0.15, 0.2) is 0 Å². The molecule has 0 heterocycles. The summed E-state index contributed by atoms with van der Waals surface area (Å²) in [5.74, 6) is 0.838. The van der Waals surface area contributed by atoms with Gasteiger partial charge in [0.05, 0.1) is 6.54 Å². The number of nitrogens with one attached hydrogen (secondary N) is 1. The molecule has 0 bridgehead atoms. The Kier molecular flexibility index (Phi) is 5.80. The monoisotopic (exact) mass is 288 g/mol. The van der Waals surface area contributed by atoms with E-state index < -0.39 is 0 Å². The Hall–Kier alpha value is -1.35. The number of anilines is 1. The number of rotatable bonds is 5. The van der Waals surface area contributed by atoms with Crippen LogP contribution >= 0.6 is 0 Å². The van der Waals surface area contributed by atoms with Crippen molar-refractivity contribution in [3.8, 4) is 0 Å². The molecule has 3 heteroatoms. The number of hydrogen-bond acceptors (Lipinski definition) is 2. The minimum Gasteiger partial charge on any atom is -0.309 e. The Morgan fingerprint density at radius 3 is 2.52 bits per heavy atom. The molecule has 2 unspecified atom stereocenters. The van der Waals surface area contributed by atoms with Crippen molar-refractivity contribution in [2.45, 2.75) is 58.5 Å². The van der Waals surface area contributed by atoms with Gasteiger partial charge in [-0.3, -0.25) is 4.79 Å². The van der Waals surface area contributed by atoms with E-state index in [1.807, 2.05) is 35.2 Å². The van der Waals surface area contributed by atoms with Crippen LogP contribution in [0.15, 0.2) is 30.3 Å². The molecule has 2 atom stereocenters. The van der Waals surface area contributed by atoms with Gasteiger partial charge in [-0.15, -0.1) is 0 Å². The topological polar surface area (TPSA) is 32.3 Å². The van der Waals surface area contributed by atoms with Gasteiger partial charge in [0, 0.05) is 17.8 Å². The number of benzene rings is 1. The Morgan fingerprint density at radius 2 is 1.90 bits per heavy atom. The van der Waals surface area contributed by atoms with Crippen LogP contribution in [0.2, 0.25) is 0 Å². The van der Waals surface area contributed by atoms with Gasteiger partial charge >= 0.3 is 0 Å². The van der Waals surface area contributed by atoms with E-state index in [2.05, 4.69) is 26.1 Å². The third kappa shape index (κ3) is 4.31. The van der Waals surface area contributed by atoms with Crippen LogP contribution in [0.4, 0.5) is 5.69 Å². The van der Waals surface area contributed by atoms with Crippen molar-refractivity contribution in [1.29, 1.82) is 0 Å². The van der Waals surface area contributed by atoms with Gasteiger partial charge in [-0.2, -0.15) is 0 Å². The summed E-state index contributed by atoms with van der Waals surface area (Å²) in [6.45, 7) is 6.85. The molecule has 3 nitrogen and oxygen atoms in total. The SMILES string of the molecule is CC1CCCCC1NCC(=O)N(c1ccccc1)C(C)C. The maximum atomic E-state index is 12.6. The first-order valence-electron chi connectivity index (χ1n) is 8.20. The van der Waals surface area contributed by atoms with Crippen molar-refractivity contribution < 1.29 is 4.79 Å². The highest BCUT2D eigenvalue weighted by Crippen LogP contribution is 2.23. The minimum absolute atomic E-state index is 0.161. The number of para-hydroxylation sites is 1. The van der Waals surface area contributed by atoms with E-state index >= 15 is 0 Å². The molecule has 1 aromatic rings. The van der Waals surface area contributed by atoms with Crippen molar-refractivity contribution in [3.05, 3.63) is 30.3 Å². The number of carbonyl (C=O) groups excluding carboxylic acids is 1. The highest BCUT2D eigenvalue weighted by Gasteiger charge is 2.24. The van der Waals surface area contributed by atoms with Gasteiger partial charge in [-0.1, -0.05) is 38.0 Å². The van der Waals surface area contributed by atoms with Crippen molar-refractivity contribution in [1.82, 2.24) is 5.32 Å². The van der Waals surface area contributed by atoms with Crippen LogP contribution < -0.4 is 10.2 Å². The first-order chi connectivity index (χ1) is 10.1. The fraction of sp³-hybridized carbons (Fsp3) is 0.611. The summed E-state index contributed by atoms with van der Waals surface area (Å²) < 4.78 is 0. The number of carbonyl (C=O) groups is 1. The smallest absolute Gasteiger partial charge is 0.241 e. The van der Waals surface area contributed by atoms with E-state index in [1.165, 1.54) is 25.7 Å². The molecule has 1 aromatic carbocycles. The molecule has 116 valence electrons. The fourth-order valence-electron chi connectivity index (χ4n) is 3.24. The molecule has 2 rings (SSSR count). The summed E-state index contributed by atoms with van der Waals surface area (Å²) in [6, 6.07) is 10.6.